The van der Waals surface area contributed by atoms with Crippen LogP contribution in [0.3, 0.4) is 0 Å². The van der Waals surface area contributed by atoms with Gasteiger partial charge in [0, 0.05) is 6.04 Å². The Balaban J connectivity index is 2.22. The molecule has 0 aliphatic heterocycles. The Morgan fingerprint density at radius 3 is 2.65 bits per heavy atom. The van der Waals surface area contributed by atoms with E-state index in [0.29, 0.717) is 17.6 Å². The molecule has 0 spiro atoms. The minimum Gasteiger partial charge on any atom is -0.353 e. The topological polar surface area (TPSA) is 50.2 Å². The maximum Gasteiger partial charge on any atom is 0.320 e. The van der Waals surface area contributed by atoms with Crippen LogP contribution >= 0.6 is 0 Å². The zero-order valence-electron chi connectivity index (χ0n) is 13.6. The van der Waals surface area contributed by atoms with E-state index in [1.54, 1.807) is 29.2 Å². The van der Waals surface area contributed by atoms with Crippen LogP contribution in [0.5, 0.6) is 0 Å². The summed E-state index contributed by atoms with van der Waals surface area (Å²) in [4.78, 5) is 18.0. The van der Waals surface area contributed by atoms with E-state index in [1.807, 2.05) is 20.8 Å². The molecule has 0 aliphatic rings. The van der Waals surface area contributed by atoms with E-state index in [0.717, 1.165) is 4.57 Å². The van der Waals surface area contributed by atoms with Crippen LogP contribution in [-0.2, 0) is 11.3 Å². The van der Waals surface area contributed by atoms with Gasteiger partial charge in [-0.05, 0) is 32.5 Å². The summed E-state index contributed by atoms with van der Waals surface area (Å²) in [6.07, 6.45) is 0. The molecule has 0 aliphatic carbocycles. The highest BCUT2D eigenvalue weighted by Gasteiger charge is 2.20. The summed E-state index contributed by atoms with van der Waals surface area (Å²) in [5.74, 6) is 0.141. The molecule has 2 rings (SSSR count). The summed E-state index contributed by atoms with van der Waals surface area (Å²) in [5, 5.41) is 2.80. The third-order valence-electron chi connectivity index (χ3n) is 3.49. The van der Waals surface area contributed by atoms with Crippen LogP contribution in [0, 0.1) is 0 Å². The minimum absolute atomic E-state index is 0.0480. The number of aromatic nitrogens is 2. The number of hydrogen-bond donors (Lipinski definition) is 1. The predicted octanol–water partition coefficient (Wildman–Crippen LogP) is 2.78. The zero-order chi connectivity index (χ0) is 17.0. The van der Waals surface area contributed by atoms with Gasteiger partial charge in [-0.25, -0.2) is 4.98 Å². The molecule has 0 bridgehead atoms. The molecular weight excluding hydrogens is 302 g/mol. The van der Waals surface area contributed by atoms with E-state index >= 15 is 0 Å². The van der Waals surface area contributed by atoms with Gasteiger partial charge in [-0.3, -0.25) is 14.3 Å². The smallest absolute Gasteiger partial charge is 0.320 e. The monoisotopic (exact) mass is 324 g/mol. The summed E-state index contributed by atoms with van der Waals surface area (Å²) < 4.78 is 27.7. The molecule has 1 heterocycles. The van der Waals surface area contributed by atoms with Crippen LogP contribution in [0.25, 0.3) is 11.0 Å². The third-order valence-corrected chi connectivity index (χ3v) is 3.49. The Morgan fingerprint density at radius 1 is 1.35 bits per heavy atom. The van der Waals surface area contributed by atoms with Gasteiger partial charge in [0.2, 0.25) is 5.91 Å². The molecule has 1 amide bonds. The predicted molar refractivity (Wildman–Crippen MR) is 85.2 cm³/mol. The maximum atomic E-state index is 13.4. The van der Waals surface area contributed by atoms with Crippen molar-refractivity contribution < 1.29 is 13.6 Å². The minimum atomic E-state index is -2.67. The molecule has 0 atom stereocenters. The quantitative estimate of drug-likeness (QED) is 0.852. The second-order valence-electron chi connectivity index (χ2n) is 5.69. The van der Waals surface area contributed by atoms with Gasteiger partial charge >= 0.3 is 6.55 Å². The third kappa shape index (κ3) is 4.25. The van der Waals surface area contributed by atoms with Crippen molar-refractivity contribution in [2.45, 2.75) is 39.9 Å². The number of para-hydroxylation sites is 2. The van der Waals surface area contributed by atoms with Crippen LogP contribution in [0.15, 0.2) is 24.3 Å². The summed E-state index contributed by atoms with van der Waals surface area (Å²) in [5.41, 5.74) is 0.936. The Kier molecular flexibility index (Phi) is 5.65. The van der Waals surface area contributed by atoms with Gasteiger partial charge in [0.15, 0.2) is 0 Å². The van der Waals surface area contributed by atoms with Gasteiger partial charge in [-0.1, -0.05) is 19.1 Å². The SMILES string of the molecule is CCN(CC(=O)NC(C)C)Cc1nc2ccccc2n1C(F)F. The van der Waals surface area contributed by atoms with Crippen molar-refractivity contribution in [2.24, 2.45) is 0 Å². The molecule has 23 heavy (non-hydrogen) atoms. The number of benzene rings is 1. The number of nitrogens with zero attached hydrogens (tertiary/aromatic N) is 3. The summed E-state index contributed by atoms with van der Waals surface area (Å²) >= 11 is 0. The Labute approximate surface area is 134 Å². The number of carbonyl (C=O) groups excluding carboxylic acids is 1. The number of alkyl halides is 2. The van der Waals surface area contributed by atoms with Gasteiger partial charge in [-0.2, -0.15) is 8.78 Å². The molecule has 1 N–H and O–H groups in total. The molecule has 0 saturated carbocycles. The van der Waals surface area contributed by atoms with Crippen molar-refractivity contribution in [3.05, 3.63) is 30.1 Å². The first-order valence-corrected chi connectivity index (χ1v) is 7.68. The number of amides is 1. The summed E-state index contributed by atoms with van der Waals surface area (Å²) in [6, 6.07) is 6.86. The lowest BCUT2D eigenvalue weighted by molar-refractivity contribution is -0.122. The number of hydrogen-bond acceptors (Lipinski definition) is 3. The average Bonchev–Trinajstić information content (AvgIpc) is 2.83. The fourth-order valence-electron chi connectivity index (χ4n) is 2.47. The molecule has 126 valence electrons. The van der Waals surface area contributed by atoms with Crippen molar-refractivity contribution in [1.82, 2.24) is 19.8 Å². The number of rotatable bonds is 7. The van der Waals surface area contributed by atoms with Crippen molar-refractivity contribution >= 4 is 16.9 Å². The molecule has 2 aromatic rings. The van der Waals surface area contributed by atoms with Gasteiger partial charge in [-0.15, -0.1) is 0 Å². The average molecular weight is 324 g/mol. The number of imidazole rings is 1. The molecule has 1 aromatic carbocycles. The molecule has 0 saturated heterocycles. The second-order valence-corrected chi connectivity index (χ2v) is 5.69. The maximum absolute atomic E-state index is 13.4. The Bertz CT molecular complexity index is 669. The number of likely N-dealkylation sites (N-methyl/N-ethyl adjacent to an activating group) is 1. The van der Waals surface area contributed by atoms with Crippen molar-refractivity contribution in [2.75, 3.05) is 13.1 Å². The van der Waals surface area contributed by atoms with Crippen molar-refractivity contribution in [1.29, 1.82) is 0 Å². The van der Waals surface area contributed by atoms with Gasteiger partial charge < -0.3 is 5.32 Å². The molecule has 7 heteroatoms. The molecule has 0 fully saturated rings. The number of nitrogens with one attached hydrogen (secondary N) is 1. The lowest BCUT2D eigenvalue weighted by Gasteiger charge is -2.20. The van der Waals surface area contributed by atoms with E-state index in [1.165, 1.54) is 0 Å². The standard InChI is InChI=1S/C16H22F2N4O/c1-4-21(10-15(23)19-11(2)3)9-14-20-12-7-5-6-8-13(12)22(14)16(17)18/h5-8,11,16H,4,9-10H2,1-3H3,(H,19,23). The van der Waals surface area contributed by atoms with E-state index < -0.39 is 6.55 Å². The van der Waals surface area contributed by atoms with E-state index in [9.17, 15) is 13.6 Å². The zero-order valence-corrected chi connectivity index (χ0v) is 13.6. The molecule has 0 unspecified atom stereocenters. The first-order chi connectivity index (χ1) is 10.9. The van der Waals surface area contributed by atoms with Gasteiger partial charge in [0.05, 0.1) is 24.1 Å². The van der Waals surface area contributed by atoms with E-state index in [-0.39, 0.29) is 30.9 Å². The Hall–Kier alpha value is -2.02. The normalized spacial score (nSPS) is 11.8. The van der Waals surface area contributed by atoms with Crippen LogP contribution in [-0.4, -0.2) is 39.5 Å². The summed E-state index contributed by atoms with van der Waals surface area (Å²) in [7, 11) is 0. The van der Waals surface area contributed by atoms with Crippen molar-refractivity contribution in [3.8, 4) is 0 Å². The van der Waals surface area contributed by atoms with Crippen LogP contribution in [0.4, 0.5) is 8.78 Å². The summed E-state index contributed by atoms with van der Waals surface area (Å²) in [6.45, 7) is 3.90. The number of fused-ring (bicyclic) bond motifs is 1. The first kappa shape index (κ1) is 17.3. The molecular formula is C16H22F2N4O. The molecule has 1 aromatic heterocycles. The fraction of sp³-hybridized carbons (Fsp3) is 0.500. The second kappa shape index (κ2) is 7.50. The van der Waals surface area contributed by atoms with Crippen molar-refractivity contribution in [3.63, 3.8) is 0 Å². The largest absolute Gasteiger partial charge is 0.353 e. The first-order valence-electron chi connectivity index (χ1n) is 7.68. The fourth-order valence-corrected chi connectivity index (χ4v) is 2.47. The highest BCUT2D eigenvalue weighted by Crippen LogP contribution is 2.23. The van der Waals surface area contributed by atoms with Gasteiger partial charge in [0.1, 0.15) is 5.82 Å². The van der Waals surface area contributed by atoms with E-state index in [2.05, 4.69) is 10.3 Å². The molecule has 5 nitrogen and oxygen atoms in total. The number of carbonyl (C=O) groups is 1. The molecule has 0 radical (unpaired) electrons. The lowest BCUT2D eigenvalue weighted by Crippen LogP contribution is -2.40. The highest BCUT2D eigenvalue weighted by molar-refractivity contribution is 5.78. The van der Waals surface area contributed by atoms with Crippen LogP contribution in [0.2, 0.25) is 0 Å². The van der Waals surface area contributed by atoms with Gasteiger partial charge in [0.25, 0.3) is 0 Å². The lowest BCUT2D eigenvalue weighted by atomic mass is 10.3. The highest BCUT2D eigenvalue weighted by atomic mass is 19.3. The van der Waals surface area contributed by atoms with Crippen LogP contribution in [0.1, 0.15) is 33.1 Å². The van der Waals surface area contributed by atoms with Crippen LogP contribution < -0.4 is 5.32 Å². The number of halogens is 2. The Morgan fingerprint density at radius 2 is 2.04 bits per heavy atom. The van der Waals surface area contributed by atoms with E-state index in [4.69, 9.17) is 0 Å².